The predicted molar refractivity (Wildman–Crippen MR) is 105 cm³/mol. The molecule has 7 nitrogen and oxygen atoms in total. The summed E-state index contributed by atoms with van der Waals surface area (Å²) in [5.74, 6) is 0.568. The molecule has 0 radical (unpaired) electrons. The van der Waals surface area contributed by atoms with Crippen molar-refractivity contribution in [1.29, 1.82) is 0 Å². The van der Waals surface area contributed by atoms with Gasteiger partial charge in [0.15, 0.2) is 18.0 Å². The van der Waals surface area contributed by atoms with Crippen LogP contribution in [0, 0.1) is 0 Å². The zero-order valence-electron chi connectivity index (χ0n) is 13.9. The molecule has 138 valence electrons. The fourth-order valence-corrected chi connectivity index (χ4v) is 3.16. The molecular weight excluding hydrogens is 386 g/mol. The van der Waals surface area contributed by atoms with E-state index < -0.39 is 10.0 Å². The molecule has 0 saturated heterocycles. The molecular formula is C18H15N3O4S2. The van der Waals surface area contributed by atoms with Gasteiger partial charge in [0, 0.05) is 0 Å². The van der Waals surface area contributed by atoms with Crippen LogP contribution < -0.4 is 4.89 Å². The third-order valence-corrected chi connectivity index (χ3v) is 4.81. The minimum atomic E-state index is -3.72. The molecule has 2 aromatic carbocycles. The second-order valence-corrected chi connectivity index (χ2v) is 7.29. The maximum absolute atomic E-state index is 12.1. The van der Waals surface area contributed by atoms with Gasteiger partial charge in [-0.15, -0.1) is 0 Å². The number of nitrogens with zero attached hydrogens (tertiary/aromatic N) is 2. The van der Waals surface area contributed by atoms with Crippen LogP contribution in [0.1, 0.15) is 11.4 Å². The lowest BCUT2D eigenvalue weighted by molar-refractivity contribution is -0.0776. The molecule has 0 unspecified atom stereocenters. The largest absolute Gasteiger partial charge is 0.353 e. The molecule has 0 fully saturated rings. The SMILES string of the molecule is O=S(=O)(N=Cc1ccc(C=NSOOc2ccccc2)[nH]1)c1ccccc1. The Balaban J connectivity index is 1.52. The summed E-state index contributed by atoms with van der Waals surface area (Å²) in [6.07, 6.45) is 2.77. The van der Waals surface area contributed by atoms with Gasteiger partial charge in [0.1, 0.15) is 0 Å². The predicted octanol–water partition coefficient (Wildman–Crippen LogP) is 3.82. The minimum absolute atomic E-state index is 0.140. The number of sulfonamides is 1. The Labute approximate surface area is 161 Å². The van der Waals surface area contributed by atoms with Crippen LogP contribution in [-0.2, 0) is 14.4 Å². The van der Waals surface area contributed by atoms with Crippen molar-refractivity contribution in [2.75, 3.05) is 0 Å². The van der Waals surface area contributed by atoms with Crippen molar-refractivity contribution in [3.8, 4) is 5.75 Å². The van der Waals surface area contributed by atoms with Crippen molar-refractivity contribution in [2.45, 2.75) is 4.90 Å². The molecule has 0 aliphatic carbocycles. The van der Waals surface area contributed by atoms with Gasteiger partial charge in [0.2, 0.25) is 0 Å². The second kappa shape index (κ2) is 9.17. The Morgan fingerprint density at radius 1 is 0.852 bits per heavy atom. The topological polar surface area (TPSA) is 93.1 Å². The highest BCUT2D eigenvalue weighted by atomic mass is 32.2. The summed E-state index contributed by atoms with van der Waals surface area (Å²) in [6.45, 7) is 0. The lowest BCUT2D eigenvalue weighted by Crippen LogP contribution is -1.97. The summed E-state index contributed by atoms with van der Waals surface area (Å²) in [7, 11) is -3.72. The highest BCUT2D eigenvalue weighted by Gasteiger charge is 2.10. The Kier molecular flexibility index (Phi) is 6.42. The first-order valence-corrected chi connectivity index (χ1v) is 9.90. The van der Waals surface area contributed by atoms with Gasteiger partial charge in [0.25, 0.3) is 10.0 Å². The van der Waals surface area contributed by atoms with Gasteiger partial charge < -0.3 is 9.87 Å². The minimum Gasteiger partial charge on any atom is -0.353 e. The molecule has 0 amide bonds. The standard InChI is InChI=1S/C18H15N3O4S2/c22-27(23,18-9-5-2-6-10-18)20-14-16-12-11-15(21-16)13-19-26-25-24-17-7-3-1-4-8-17/h1-14,21H. The van der Waals surface area contributed by atoms with E-state index in [1.807, 2.05) is 18.2 Å². The van der Waals surface area contributed by atoms with Gasteiger partial charge in [-0.25, -0.2) is 0 Å². The maximum atomic E-state index is 12.1. The first-order chi connectivity index (χ1) is 13.1. The highest BCUT2D eigenvalue weighted by molar-refractivity contribution is 7.93. The first-order valence-electron chi connectivity index (χ1n) is 7.77. The van der Waals surface area contributed by atoms with E-state index >= 15 is 0 Å². The van der Waals surface area contributed by atoms with Crippen LogP contribution in [0.2, 0.25) is 0 Å². The number of nitrogens with one attached hydrogen (secondary N) is 1. The number of H-pyrrole nitrogens is 1. The summed E-state index contributed by atoms with van der Waals surface area (Å²) in [4.78, 5) is 8.13. The van der Waals surface area contributed by atoms with E-state index in [2.05, 4.69) is 13.8 Å². The Morgan fingerprint density at radius 3 is 2.19 bits per heavy atom. The maximum Gasteiger partial charge on any atom is 0.282 e. The van der Waals surface area contributed by atoms with Crippen molar-refractivity contribution in [3.05, 3.63) is 84.2 Å². The van der Waals surface area contributed by atoms with E-state index in [1.165, 1.54) is 24.6 Å². The van der Waals surface area contributed by atoms with E-state index in [9.17, 15) is 8.42 Å². The Bertz CT molecular complexity index is 1020. The third kappa shape index (κ3) is 5.81. The Hall–Kier alpha value is -2.88. The summed E-state index contributed by atoms with van der Waals surface area (Å²) in [5.41, 5.74) is 1.19. The molecule has 1 aromatic heterocycles. The summed E-state index contributed by atoms with van der Waals surface area (Å²) in [5, 5.41) is 0. The Morgan fingerprint density at radius 2 is 1.48 bits per heavy atom. The van der Waals surface area contributed by atoms with Crippen LogP contribution >= 0.6 is 12.2 Å². The average Bonchev–Trinajstić information content (AvgIpc) is 3.16. The van der Waals surface area contributed by atoms with E-state index in [1.54, 1.807) is 42.5 Å². The van der Waals surface area contributed by atoms with Crippen LogP contribution in [0.25, 0.3) is 0 Å². The molecule has 3 aromatic rings. The van der Waals surface area contributed by atoms with Gasteiger partial charge in [-0.2, -0.15) is 17.2 Å². The molecule has 1 heterocycles. The van der Waals surface area contributed by atoms with Gasteiger partial charge in [0.05, 0.1) is 28.7 Å². The van der Waals surface area contributed by atoms with E-state index in [4.69, 9.17) is 9.22 Å². The zero-order chi connectivity index (χ0) is 19.0. The van der Waals surface area contributed by atoms with Crippen LogP contribution in [-0.4, -0.2) is 25.8 Å². The number of rotatable bonds is 8. The molecule has 0 atom stereocenters. The molecule has 0 bridgehead atoms. The smallest absolute Gasteiger partial charge is 0.282 e. The highest BCUT2D eigenvalue weighted by Crippen LogP contribution is 2.14. The summed E-state index contributed by atoms with van der Waals surface area (Å²) >= 11 is 0.765. The van der Waals surface area contributed by atoms with E-state index in [0.29, 0.717) is 17.1 Å². The zero-order valence-corrected chi connectivity index (χ0v) is 15.6. The fraction of sp³-hybridized carbons (Fsp3) is 0. The van der Waals surface area contributed by atoms with E-state index in [-0.39, 0.29) is 4.90 Å². The second-order valence-electron chi connectivity index (χ2n) is 5.17. The van der Waals surface area contributed by atoms with Crippen molar-refractivity contribution in [2.24, 2.45) is 8.80 Å². The normalized spacial score (nSPS) is 12.0. The van der Waals surface area contributed by atoms with Crippen LogP contribution in [0.5, 0.6) is 5.75 Å². The average molecular weight is 401 g/mol. The molecule has 0 aliphatic rings. The number of aromatic nitrogens is 1. The van der Waals surface area contributed by atoms with E-state index in [0.717, 1.165) is 12.2 Å². The number of para-hydroxylation sites is 1. The number of hydrogen-bond acceptors (Lipinski definition) is 6. The lowest BCUT2D eigenvalue weighted by atomic mass is 10.3. The fourth-order valence-electron chi connectivity index (χ4n) is 1.99. The number of hydrogen-bond donors (Lipinski definition) is 1. The molecule has 3 rings (SSSR count). The summed E-state index contributed by atoms with van der Waals surface area (Å²) in [6, 6.07) is 20.5. The van der Waals surface area contributed by atoms with Crippen LogP contribution in [0.4, 0.5) is 0 Å². The van der Waals surface area contributed by atoms with Gasteiger partial charge in [-0.3, -0.25) is 0 Å². The van der Waals surface area contributed by atoms with Gasteiger partial charge >= 0.3 is 0 Å². The molecule has 9 heteroatoms. The first kappa shape index (κ1) is 18.9. The number of benzene rings is 2. The summed E-state index contributed by atoms with van der Waals surface area (Å²) < 4.78 is 36.7. The van der Waals surface area contributed by atoms with Crippen molar-refractivity contribution in [3.63, 3.8) is 0 Å². The van der Waals surface area contributed by atoms with Crippen molar-refractivity contribution in [1.82, 2.24) is 4.98 Å². The monoisotopic (exact) mass is 401 g/mol. The van der Waals surface area contributed by atoms with Crippen molar-refractivity contribution < 1.29 is 17.6 Å². The molecule has 1 N–H and O–H groups in total. The van der Waals surface area contributed by atoms with Gasteiger partial charge in [-0.1, -0.05) is 40.7 Å². The molecule has 0 aliphatic heterocycles. The van der Waals surface area contributed by atoms with Crippen LogP contribution in [0.15, 0.2) is 86.5 Å². The quantitative estimate of drug-likeness (QED) is 0.155. The van der Waals surface area contributed by atoms with Gasteiger partial charge in [-0.05, 0) is 36.4 Å². The van der Waals surface area contributed by atoms with Crippen molar-refractivity contribution >= 4 is 34.7 Å². The molecule has 0 spiro atoms. The lowest BCUT2D eigenvalue weighted by Gasteiger charge is -1.98. The molecule has 27 heavy (non-hydrogen) atoms. The molecule has 0 saturated carbocycles. The van der Waals surface area contributed by atoms with Crippen LogP contribution in [0.3, 0.4) is 0 Å². The number of aromatic amines is 1. The third-order valence-electron chi connectivity index (χ3n) is 3.24.